The van der Waals surface area contributed by atoms with Gasteiger partial charge in [0.15, 0.2) is 0 Å². The summed E-state index contributed by atoms with van der Waals surface area (Å²) in [6, 6.07) is 4.32. The third-order valence-electron chi connectivity index (χ3n) is 1.75. The van der Waals surface area contributed by atoms with Gasteiger partial charge in [-0.3, -0.25) is 0 Å². The molecule has 0 saturated carbocycles. The van der Waals surface area contributed by atoms with Gasteiger partial charge in [-0.1, -0.05) is 5.92 Å². The molecule has 3 heteroatoms. The lowest BCUT2D eigenvalue weighted by Gasteiger charge is -2.08. The lowest BCUT2D eigenvalue weighted by molar-refractivity contribution is 0.365. The fraction of sp³-hybridized carbons (Fsp3) is 0.273. The first-order chi connectivity index (χ1) is 6.77. The maximum atomic E-state index is 12.9. The molecule has 0 amide bonds. The number of hydrogen-bond donors (Lipinski definition) is 1. The Morgan fingerprint density at radius 3 is 2.93 bits per heavy atom. The largest absolute Gasteiger partial charge is 0.481 e. The SMILES string of the molecule is C#CCOc1ccc(F)cc1CCN. The number of rotatable bonds is 4. The molecule has 0 aromatic heterocycles. The molecule has 0 atom stereocenters. The van der Waals surface area contributed by atoms with Crippen LogP contribution in [0, 0.1) is 18.2 Å². The number of hydrogen-bond acceptors (Lipinski definition) is 2. The van der Waals surface area contributed by atoms with Gasteiger partial charge in [0.1, 0.15) is 18.2 Å². The Morgan fingerprint density at radius 1 is 1.50 bits per heavy atom. The lowest BCUT2D eigenvalue weighted by Crippen LogP contribution is -2.06. The predicted octanol–water partition coefficient (Wildman–Crippen LogP) is 1.34. The summed E-state index contributed by atoms with van der Waals surface area (Å²) >= 11 is 0. The second-order valence-electron chi connectivity index (χ2n) is 2.78. The van der Waals surface area contributed by atoms with Crippen LogP contribution in [0.3, 0.4) is 0 Å². The summed E-state index contributed by atoms with van der Waals surface area (Å²) in [7, 11) is 0. The van der Waals surface area contributed by atoms with Gasteiger partial charge < -0.3 is 10.5 Å². The molecule has 0 aliphatic rings. The molecule has 1 aromatic carbocycles. The van der Waals surface area contributed by atoms with E-state index in [4.69, 9.17) is 16.9 Å². The Bertz CT molecular complexity index is 344. The molecule has 0 fully saturated rings. The second kappa shape index (κ2) is 5.25. The molecule has 0 spiro atoms. The van der Waals surface area contributed by atoms with Crippen LogP contribution in [0.1, 0.15) is 5.56 Å². The van der Waals surface area contributed by atoms with E-state index in [2.05, 4.69) is 5.92 Å². The molecule has 0 bridgehead atoms. The zero-order valence-electron chi connectivity index (χ0n) is 7.79. The van der Waals surface area contributed by atoms with Crippen LogP contribution in [0.15, 0.2) is 18.2 Å². The van der Waals surface area contributed by atoms with Gasteiger partial charge >= 0.3 is 0 Å². The van der Waals surface area contributed by atoms with E-state index in [1.165, 1.54) is 12.1 Å². The van der Waals surface area contributed by atoms with Crippen molar-refractivity contribution in [2.24, 2.45) is 5.73 Å². The van der Waals surface area contributed by atoms with Crippen molar-refractivity contribution in [2.45, 2.75) is 6.42 Å². The quantitative estimate of drug-likeness (QED) is 0.732. The third-order valence-corrected chi connectivity index (χ3v) is 1.75. The van der Waals surface area contributed by atoms with E-state index in [-0.39, 0.29) is 12.4 Å². The fourth-order valence-electron chi connectivity index (χ4n) is 1.16. The molecule has 14 heavy (non-hydrogen) atoms. The van der Waals surface area contributed by atoms with E-state index in [9.17, 15) is 4.39 Å². The number of halogens is 1. The normalized spacial score (nSPS) is 9.50. The number of ether oxygens (including phenoxy) is 1. The molecule has 0 saturated heterocycles. The van der Waals surface area contributed by atoms with Crippen molar-refractivity contribution in [2.75, 3.05) is 13.2 Å². The van der Waals surface area contributed by atoms with Crippen LogP contribution in [0.5, 0.6) is 5.75 Å². The van der Waals surface area contributed by atoms with Crippen LogP contribution in [0.2, 0.25) is 0 Å². The standard InChI is InChI=1S/C11H12FNO/c1-2-7-14-11-4-3-10(12)8-9(11)5-6-13/h1,3-4,8H,5-7,13H2. The van der Waals surface area contributed by atoms with E-state index in [1.807, 2.05) is 0 Å². The number of nitrogens with two attached hydrogens (primary N) is 1. The molecule has 1 aromatic rings. The molecule has 1 rings (SSSR count). The van der Waals surface area contributed by atoms with Crippen LogP contribution in [-0.2, 0) is 6.42 Å². The summed E-state index contributed by atoms with van der Waals surface area (Å²) < 4.78 is 18.1. The highest BCUT2D eigenvalue weighted by molar-refractivity contribution is 5.34. The molecule has 0 heterocycles. The minimum absolute atomic E-state index is 0.184. The molecule has 0 unspecified atom stereocenters. The third kappa shape index (κ3) is 2.75. The maximum absolute atomic E-state index is 12.9. The Morgan fingerprint density at radius 2 is 2.29 bits per heavy atom. The molecule has 0 radical (unpaired) electrons. The van der Waals surface area contributed by atoms with Gasteiger partial charge in [0.25, 0.3) is 0 Å². The first kappa shape index (κ1) is 10.6. The molecule has 2 N–H and O–H groups in total. The highest BCUT2D eigenvalue weighted by atomic mass is 19.1. The van der Waals surface area contributed by atoms with E-state index < -0.39 is 0 Å². The van der Waals surface area contributed by atoms with Gasteiger partial charge in [-0.05, 0) is 36.7 Å². The van der Waals surface area contributed by atoms with Crippen molar-refractivity contribution in [1.29, 1.82) is 0 Å². The van der Waals surface area contributed by atoms with E-state index in [1.54, 1.807) is 6.07 Å². The Balaban J connectivity index is 2.85. The highest BCUT2D eigenvalue weighted by Crippen LogP contribution is 2.19. The van der Waals surface area contributed by atoms with Crippen molar-refractivity contribution in [3.8, 4) is 18.1 Å². The van der Waals surface area contributed by atoms with Gasteiger partial charge in [0.05, 0.1) is 0 Å². The van der Waals surface area contributed by atoms with Crippen molar-refractivity contribution >= 4 is 0 Å². The van der Waals surface area contributed by atoms with Crippen molar-refractivity contribution in [3.05, 3.63) is 29.6 Å². The highest BCUT2D eigenvalue weighted by Gasteiger charge is 2.03. The topological polar surface area (TPSA) is 35.2 Å². The van der Waals surface area contributed by atoms with Crippen molar-refractivity contribution in [1.82, 2.24) is 0 Å². The minimum atomic E-state index is -0.290. The van der Waals surface area contributed by atoms with Crippen LogP contribution in [0.4, 0.5) is 4.39 Å². The zero-order valence-corrected chi connectivity index (χ0v) is 7.79. The second-order valence-corrected chi connectivity index (χ2v) is 2.78. The van der Waals surface area contributed by atoms with Gasteiger partial charge in [-0.25, -0.2) is 4.39 Å². The Hall–Kier alpha value is -1.53. The van der Waals surface area contributed by atoms with Crippen LogP contribution in [0.25, 0.3) is 0 Å². The maximum Gasteiger partial charge on any atom is 0.148 e. The first-order valence-corrected chi connectivity index (χ1v) is 4.32. The average molecular weight is 193 g/mol. The zero-order chi connectivity index (χ0) is 10.4. The van der Waals surface area contributed by atoms with Gasteiger partial charge in [-0.2, -0.15) is 0 Å². The summed E-state index contributed by atoms with van der Waals surface area (Å²) in [6.45, 7) is 0.638. The lowest BCUT2D eigenvalue weighted by atomic mass is 10.1. The van der Waals surface area contributed by atoms with E-state index >= 15 is 0 Å². The summed E-state index contributed by atoms with van der Waals surface area (Å²) in [5.74, 6) is 2.67. The monoisotopic (exact) mass is 193 g/mol. The van der Waals surface area contributed by atoms with Crippen LogP contribution in [-0.4, -0.2) is 13.2 Å². The van der Waals surface area contributed by atoms with Gasteiger partial charge in [-0.15, -0.1) is 6.42 Å². The number of benzene rings is 1. The smallest absolute Gasteiger partial charge is 0.148 e. The molecule has 0 aliphatic heterocycles. The fourth-order valence-corrected chi connectivity index (χ4v) is 1.16. The molecular weight excluding hydrogens is 181 g/mol. The molecular formula is C11H12FNO. The molecule has 74 valence electrons. The van der Waals surface area contributed by atoms with Crippen LogP contribution >= 0.6 is 0 Å². The van der Waals surface area contributed by atoms with Crippen molar-refractivity contribution < 1.29 is 9.13 Å². The predicted molar refractivity (Wildman–Crippen MR) is 53.5 cm³/mol. The summed E-state index contributed by atoms with van der Waals surface area (Å²) in [5, 5.41) is 0. The summed E-state index contributed by atoms with van der Waals surface area (Å²) in [5.41, 5.74) is 6.14. The Kier molecular flexibility index (Phi) is 3.96. The Labute approximate surface area is 82.9 Å². The van der Waals surface area contributed by atoms with E-state index in [0.29, 0.717) is 18.7 Å². The van der Waals surface area contributed by atoms with Gasteiger partial charge in [0.2, 0.25) is 0 Å². The first-order valence-electron chi connectivity index (χ1n) is 4.32. The summed E-state index contributed by atoms with van der Waals surface area (Å²) in [4.78, 5) is 0. The molecule has 2 nitrogen and oxygen atoms in total. The molecule has 0 aliphatic carbocycles. The minimum Gasteiger partial charge on any atom is -0.481 e. The average Bonchev–Trinajstić information content (AvgIpc) is 2.17. The van der Waals surface area contributed by atoms with Crippen LogP contribution < -0.4 is 10.5 Å². The number of terminal acetylenes is 1. The summed E-state index contributed by atoms with van der Waals surface area (Å²) in [6.07, 6.45) is 5.64. The van der Waals surface area contributed by atoms with E-state index in [0.717, 1.165) is 5.56 Å². The van der Waals surface area contributed by atoms with Gasteiger partial charge in [0, 0.05) is 0 Å². The van der Waals surface area contributed by atoms with Crippen molar-refractivity contribution in [3.63, 3.8) is 0 Å².